The van der Waals surface area contributed by atoms with E-state index in [0.717, 1.165) is 11.1 Å². The minimum Gasteiger partial charge on any atom is -0.497 e. The summed E-state index contributed by atoms with van der Waals surface area (Å²) in [7, 11) is 1.59. The van der Waals surface area contributed by atoms with E-state index in [1.54, 1.807) is 25.3 Å². The highest BCUT2D eigenvalue weighted by atomic mass is 35.5. The molecule has 0 aliphatic carbocycles. The van der Waals surface area contributed by atoms with E-state index in [9.17, 15) is 4.79 Å². The Morgan fingerprint density at radius 1 is 1.30 bits per heavy atom. The number of aromatic nitrogens is 3. The molecular weight excluding hydrogens is 386 g/mol. The quantitative estimate of drug-likeness (QED) is 0.484. The van der Waals surface area contributed by atoms with E-state index < -0.39 is 0 Å². The van der Waals surface area contributed by atoms with Gasteiger partial charge in [-0.2, -0.15) is 0 Å². The van der Waals surface area contributed by atoms with Gasteiger partial charge in [0, 0.05) is 16.3 Å². The van der Waals surface area contributed by atoms with Crippen molar-refractivity contribution in [1.82, 2.24) is 14.9 Å². The summed E-state index contributed by atoms with van der Waals surface area (Å²) in [4.78, 5) is 12.2. The maximum absolute atomic E-state index is 12.2. The number of nitrogens with zero attached hydrogens (tertiary/aromatic N) is 3. The number of nitrogen functional groups attached to an aromatic ring is 1. The molecule has 140 valence electrons. The molecule has 0 saturated heterocycles. The van der Waals surface area contributed by atoms with E-state index in [2.05, 4.69) is 15.5 Å². The number of halogens is 1. The predicted octanol–water partition coefficient (Wildman–Crippen LogP) is 3.36. The Hall–Kier alpha value is -2.71. The molecule has 1 heterocycles. The number of rotatable bonds is 6. The van der Waals surface area contributed by atoms with Gasteiger partial charge in [-0.25, -0.2) is 4.68 Å². The zero-order valence-corrected chi connectivity index (χ0v) is 16.3. The molecule has 0 unspecified atom stereocenters. The van der Waals surface area contributed by atoms with Crippen molar-refractivity contribution in [3.63, 3.8) is 0 Å². The van der Waals surface area contributed by atoms with Crippen LogP contribution in [0.25, 0.3) is 11.4 Å². The van der Waals surface area contributed by atoms with E-state index in [-0.39, 0.29) is 11.7 Å². The third-order valence-electron chi connectivity index (χ3n) is 3.87. The number of hydrogen-bond donors (Lipinski definition) is 2. The largest absolute Gasteiger partial charge is 0.497 e. The molecule has 1 aromatic heterocycles. The van der Waals surface area contributed by atoms with Crippen LogP contribution in [0.4, 0.5) is 5.69 Å². The summed E-state index contributed by atoms with van der Waals surface area (Å²) < 4.78 is 6.57. The Morgan fingerprint density at radius 2 is 2.07 bits per heavy atom. The number of nitrogens with two attached hydrogens (primary N) is 1. The average molecular weight is 404 g/mol. The van der Waals surface area contributed by atoms with Gasteiger partial charge in [-0.1, -0.05) is 41.6 Å². The zero-order valence-electron chi connectivity index (χ0n) is 14.8. The van der Waals surface area contributed by atoms with E-state index in [1.165, 1.54) is 16.4 Å². The second-order valence-electron chi connectivity index (χ2n) is 5.66. The third-order valence-corrected chi connectivity index (χ3v) is 5.22. The van der Waals surface area contributed by atoms with Crippen molar-refractivity contribution in [3.8, 4) is 17.1 Å². The first-order valence-corrected chi connectivity index (χ1v) is 9.38. The summed E-state index contributed by atoms with van der Waals surface area (Å²) in [6, 6.07) is 12.7. The molecule has 3 N–H and O–H groups in total. The Kier molecular flexibility index (Phi) is 5.88. The number of benzene rings is 2. The van der Waals surface area contributed by atoms with Crippen molar-refractivity contribution in [2.45, 2.75) is 12.1 Å². The number of nitrogens with one attached hydrogen (secondary N) is 1. The van der Waals surface area contributed by atoms with Gasteiger partial charge in [-0.05, 0) is 36.8 Å². The van der Waals surface area contributed by atoms with Crippen LogP contribution in [0.15, 0.2) is 47.6 Å². The summed E-state index contributed by atoms with van der Waals surface area (Å²) in [5, 5.41) is 12.1. The van der Waals surface area contributed by atoms with Crippen molar-refractivity contribution in [1.29, 1.82) is 0 Å². The molecule has 0 saturated carbocycles. The first-order valence-electron chi connectivity index (χ1n) is 8.02. The Bertz CT molecular complexity index is 976. The molecule has 0 radical (unpaired) electrons. The molecule has 9 heteroatoms. The fourth-order valence-corrected chi connectivity index (χ4v) is 3.22. The van der Waals surface area contributed by atoms with Gasteiger partial charge in [0.1, 0.15) is 5.75 Å². The summed E-state index contributed by atoms with van der Waals surface area (Å²) in [6.45, 7) is 1.85. The fraction of sp³-hybridized carbons (Fsp3) is 0.167. The zero-order chi connectivity index (χ0) is 19.4. The van der Waals surface area contributed by atoms with E-state index in [0.29, 0.717) is 27.4 Å². The molecule has 27 heavy (non-hydrogen) atoms. The maximum atomic E-state index is 12.2. The second-order valence-corrected chi connectivity index (χ2v) is 7.01. The van der Waals surface area contributed by atoms with Crippen LogP contribution in [-0.4, -0.2) is 33.6 Å². The lowest BCUT2D eigenvalue weighted by Crippen LogP contribution is -2.17. The first kappa shape index (κ1) is 19.1. The monoisotopic (exact) mass is 403 g/mol. The smallest absolute Gasteiger partial charge is 0.234 e. The molecule has 3 rings (SSSR count). The van der Waals surface area contributed by atoms with Crippen molar-refractivity contribution >= 4 is 35.0 Å². The topological polar surface area (TPSA) is 95.1 Å². The van der Waals surface area contributed by atoms with Crippen LogP contribution in [-0.2, 0) is 4.79 Å². The van der Waals surface area contributed by atoms with Crippen LogP contribution in [0, 0.1) is 6.92 Å². The third kappa shape index (κ3) is 4.35. The highest BCUT2D eigenvalue weighted by Crippen LogP contribution is 2.26. The summed E-state index contributed by atoms with van der Waals surface area (Å²) in [5.41, 5.74) is 2.27. The summed E-state index contributed by atoms with van der Waals surface area (Å²) in [5.74, 6) is 7.23. The van der Waals surface area contributed by atoms with Crippen molar-refractivity contribution in [2.24, 2.45) is 0 Å². The maximum Gasteiger partial charge on any atom is 0.234 e. The van der Waals surface area contributed by atoms with Crippen molar-refractivity contribution in [2.75, 3.05) is 24.0 Å². The first-order chi connectivity index (χ1) is 13.0. The van der Waals surface area contributed by atoms with Crippen LogP contribution in [0.1, 0.15) is 5.56 Å². The lowest BCUT2D eigenvalue weighted by molar-refractivity contribution is -0.113. The number of anilines is 1. The van der Waals surface area contributed by atoms with E-state index in [4.69, 9.17) is 22.2 Å². The molecular formula is C18H18ClN5O2S. The number of ether oxygens (including phenoxy) is 1. The summed E-state index contributed by atoms with van der Waals surface area (Å²) in [6.07, 6.45) is 0. The highest BCUT2D eigenvalue weighted by Gasteiger charge is 2.15. The van der Waals surface area contributed by atoms with E-state index in [1.807, 2.05) is 31.2 Å². The molecule has 7 nitrogen and oxygen atoms in total. The van der Waals surface area contributed by atoms with Crippen molar-refractivity contribution < 1.29 is 9.53 Å². The Morgan fingerprint density at radius 3 is 2.85 bits per heavy atom. The highest BCUT2D eigenvalue weighted by molar-refractivity contribution is 7.99. The van der Waals surface area contributed by atoms with Crippen LogP contribution >= 0.6 is 23.4 Å². The van der Waals surface area contributed by atoms with Gasteiger partial charge in [0.25, 0.3) is 0 Å². The fourth-order valence-electron chi connectivity index (χ4n) is 2.39. The average Bonchev–Trinajstić information content (AvgIpc) is 3.04. The number of thioether (sulfide) groups is 1. The van der Waals surface area contributed by atoms with Gasteiger partial charge in [0.15, 0.2) is 5.82 Å². The Balaban J connectivity index is 1.67. The molecule has 2 aromatic carbocycles. The summed E-state index contributed by atoms with van der Waals surface area (Å²) >= 11 is 7.27. The van der Waals surface area contributed by atoms with Gasteiger partial charge < -0.3 is 15.9 Å². The number of carbonyl (C=O) groups is 1. The van der Waals surface area contributed by atoms with Gasteiger partial charge in [-0.15, -0.1) is 10.2 Å². The molecule has 0 atom stereocenters. The number of carbonyl (C=O) groups excluding carboxylic acids is 1. The van der Waals surface area contributed by atoms with Gasteiger partial charge in [0.05, 0.1) is 12.9 Å². The molecule has 3 aromatic rings. The molecule has 0 aliphatic heterocycles. The normalized spacial score (nSPS) is 10.6. The van der Waals surface area contributed by atoms with Gasteiger partial charge in [-0.3, -0.25) is 4.79 Å². The lowest BCUT2D eigenvalue weighted by Gasteiger charge is -2.09. The van der Waals surface area contributed by atoms with Crippen LogP contribution in [0.3, 0.4) is 0 Å². The minimum atomic E-state index is -0.184. The van der Waals surface area contributed by atoms with Crippen LogP contribution < -0.4 is 15.9 Å². The number of methoxy groups -OCH3 is 1. The minimum absolute atomic E-state index is 0.138. The number of hydrogen-bond acceptors (Lipinski definition) is 6. The SMILES string of the molecule is COc1cccc(-c2nnc(SCC(=O)Nc3cccc(Cl)c3C)n2N)c1. The molecule has 1 amide bonds. The standard InChI is InChI=1S/C18H18ClN5O2S/c1-11-14(19)7-4-8-15(11)21-16(25)10-27-18-23-22-17(24(18)20)12-5-3-6-13(9-12)26-2/h3-9H,10,20H2,1-2H3,(H,21,25). The molecule has 0 fully saturated rings. The van der Waals surface area contributed by atoms with Crippen LogP contribution in [0.5, 0.6) is 5.75 Å². The van der Waals surface area contributed by atoms with Crippen LogP contribution in [0.2, 0.25) is 5.02 Å². The molecule has 0 spiro atoms. The lowest BCUT2D eigenvalue weighted by atomic mass is 10.2. The van der Waals surface area contributed by atoms with Gasteiger partial charge >= 0.3 is 0 Å². The van der Waals surface area contributed by atoms with Crippen molar-refractivity contribution in [3.05, 3.63) is 53.1 Å². The molecule has 0 bridgehead atoms. The predicted molar refractivity (Wildman–Crippen MR) is 108 cm³/mol. The number of amides is 1. The van der Waals surface area contributed by atoms with E-state index >= 15 is 0 Å². The Labute approximate surface area is 165 Å². The second kappa shape index (κ2) is 8.32. The van der Waals surface area contributed by atoms with Gasteiger partial charge in [0.2, 0.25) is 11.1 Å². The molecule has 0 aliphatic rings.